The summed E-state index contributed by atoms with van der Waals surface area (Å²) in [5.74, 6) is 3.78. The monoisotopic (exact) mass is 583 g/mol. The summed E-state index contributed by atoms with van der Waals surface area (Å²) < 4.78 is 37.3. The topological polar surface area (TPSA) is 58.6 Å². The molecule has 0 N–H and O–H groups in total. The van der Waals surface area contributed by atoms with E-state index in [1.807, 2.05) is 5.38 Å². The van der Waals surface area contributed by atoms with Crippen LogP contribution in [0.4, 0.5) is 5.69 Å². The summed E-state index contributed by atoms with van der Waals surface area (Å²) in [6.07, 6.45) is 2.08. The molecule has 214 valence electrons. The van der Waals surface area contributed by atoms with Gasteiger partial charge in [0, 0.05) is 48.0 Å². The second-order valence-electron chi connectivity index (χ2n) is 11.0. The molecule has 0 spiro atoms. The fourth-order valence-corrected chi connectivity index (χ4v) is 8.89. The summed E-state index contributed by atoms with van der Waals surface area (Å²) >= 11 is 3.35. The Labute approximate surface area is 243 Å². The zero-order chi connectivity index (χ0) is 27.4. The summed E-state index contributed by atoms with van der Waals surface area (Å²) in [5.41, 5.74) is 4.98. The highest BCUT2D eigenvalue weighted by molar-refractivity contribution is 7.24. The molecule has 6 heterocycles. The smallest absolute Gasteiger partial charge is 0.181 e. The van der Waals surface area contributed by atoms with Crippen LogP contribution >= 0.6 is 22.7 Å². The second-order valence-corrected chi connectivity index (χ2v) is 12.9. The summed E-state index contributed by atoms with van der Waals surface area (Å²) in [6.45, 7) is 13.4. The van der Waals surface area contributed by atoms with E-state index in [1.165, 1.54) is 16.8 Å². The van der Waals surface area contributed by atoms with Crippen molar-refractivity contribution in [1.29, 1.82) is 0 Å². The minimum absolute atomic E-state index is 0.0463. The van der Waals surface area contributed by atoms with Crippen molar-refractivity contribution in [3.8, 4) is 43.2 Å². The molecule has 2 aromatic heterocycles. The van der Waals surface area contributed by atoms with Crippen molar-refractivity contribution in [2.45, 2.75) is 58.8 Å². The van der Waals surface area contributed by atoms with Crippen LogP contribution in [0.1, 0.15) is 63.9 Å². The molecule has 0 aliphatic carbocycles. The standard InChI is InChI=1S/C31H37NO6S2/c1-5-33-22-7-8-32-21(17(3)4)15-23(34-6-2)20-14-18(13-19(22)25(20)32)29-27-28(38-12-11-37-27)31(40-29)30-26-24(16-39-30)35-9-10-36-26/h13-14,16-17,21-23H,5-12,15H2,1-4H3. The van der Waals surface area contributed by atoms with Gasteiger partial charge in [0.2, 0.25) is 0 Å². The molecule has 0 saturated carbocycles. The van der Waals surface area contributed by atoms with Crippen LogP contribution in [-0.4, -0.2) is 52.2 Å². The molecule has 0 radical (unpaired) electrons. The Bertz CT molecular complexity index is 1380. The van der Waals surface area contributed by atoms with Crippen LogP contribution in [0.3, 0.4) is 0 Å². The molecule has 0 amide bonds. The average Bonchev–Trinajstić information content (AvgIpc) is 3.57. The van der Waals surface area contributed by atoms with Gasteiger partial charge in [-0.3, -0.25) is 0 Å². The van der Waals surface area contributed by atoms with Gasteiger partial charge in [0.05, 0.1) is 26.8 Å². The van der Waals surface area contributed by atoms with E-state index in [4.69, 9.17) is 28.4 Å². The van der Waals surface area contributed by atoms with Crippen molar-refractivity contribution >= 4 is 28.4 Å². The molecular weight excluding hydrogens is 546 g/mol. The van der Waals surface area contributed by atoms with Gasteiger partial charge in [0.15, 0.2) is 23.0 Å². The van der Waals surface area contributed by atoms with E-state index in [1.54, 1.807) is 22.7 Å². The second kappa shape index (κ2) is 10.7. The van der Waals surface area contributed by atoms with Crippen LogP contribution in [0.5, 0.6) is 23.0 Å². The molecule has 7 rings (SSSR count). The predicted molar refractivity (Wildman–Crippen MR) is 159 cm³/mol. The van der Waals surface area contributed by atoms with Crippen LogP contribution in [0.2, 0.25) is 0 Å². The van der Waals surface area contributed by atoms with E-state index in [0.29, 0.717) is 51.6 Å². The van der Waals surface area contributed by atoms with Crippen molar-refractivity contribution in [3.05, 3.63) is 28.6 Å². The minimum Gasteiger partial charge on any atom is -0.485 e. The first-order chi connectivity index (χ1) is 19.6. The number of anilines is 1. The van der Waals surface area contributed by atoms with Gasteiger partial charge < -0.3 is 33.3 Å². The number of fused-ring (bicyclic) bond motifs is 2. The maximum atomic E-state index is 6.44. The molecule has 3 unspecified atom stereocenters. The van der Waals surface area contributed by atoms with Crippen LogP contribution < -0.4 is 23.8 Å². The minimum atomic E-state index is 0.0463. The Balaban J connectivity index is 1.41. The van der Waals surface area contributed by atoms with E-state index in [2.05, 4.69) is 44.7 Å². The van der Waals surface area contributed by atoms with Gasteiger partial charge in [0.25, 0.3) is 0 Å². The first-order valence-corrected chi connectivity index (χ1v) is 16.3. The molecular formula is C31H37NO6S2. The largest absolute Gasteiger partial charge is 0.485 e. The Hall–Kier alpha value is -2.46. The van der Waals surface area contributed by atoms with Crippen LogP contribution in [0.25, 0.3) is 20.2 Å². The van der Waals surface area contributed by atoms with Crippen molar-refractivity contribution in [1.82, 2.24) is 0 Å². The molecule has 3 atom stereocenters. The fraction of sp³-hybridized carbons (Fsp3) is 0.548. The van der Waals surface area contributed by atoms with Gasteiger partial charge in [0.1, 0.15) is 26.4 Å². The van der Waals surface area contributed by atoms with Crippen molar-refractivity contribution in [2.24, 2.45) is 5.92 Å². The molecule has 4 aliphatic heterocycles. The highest BCUT2D eigenvalue weighted by Gasteiger charge is 2.41. The lowest BCUT2D eigenvalue weighted by molar-refractivity contribution is 0.0329. The molecule has 0 saturated heterocycles. The van der Waals surface area contributed by atoms with Gasteiger partial charge in [-0.15, -0.1) is 22.7 Å². The number of nitrogens with zero attached hydrogens (tertiary/aromatic N) is 1. The number of benzene rings is 1. The Morgan fingerprint density at radius 1 is 0.850 bits per heavy atom. The predicted octanol–water partition coefficient (Wildman–Crippen LogP) is 7.48. The van der Waals surface area contributed by atoms with Crippen molar-refractivity contribution in [3.63, 3.8) is 0 Å². The third-order valence-corrected chi connectivity index (χ3v) is 10.6. The number of hydrogen-bond acceptors (Lipinski definition) is 9. The molecule has 0 fully saturated rings. The summed E-state index contributed by atoms with van der Waals surface area (Å²) in [4.78, 5) is 5.79. The van der Waals surface area contributed by atoms with E-state index >= 15 is 0 Å². The maximum absolute atomic E-state index is 6.44. The first-order valence-electron chi connectivity index (χ1n) is 14.6. The number of hydrogen-bond donors (Lipinski definition) is 0. The van der Waals surface area contributed by atoms with Gasteiger partial charge in [-0.25, -0.2) is 0 Å². The van der Waals surface area contributed by atoms with Crippen LogP contribution in [0, 0.1) is 5.92 Å². The van der Waals surface area contributed by atoms with E-state index in [9.17, 15) is 0 Å². The summed E-state index contributed by atoms with van der Waals surface area (Å²) in [7, 11) is 0. The lowest BCUT2D eigenvalue weighted by atomic mass is 9.81. The van der Waals surface area contributed by atoms with Crippen LogP contribution in [0.15, 0.2) is 17.5 Å². The van der Waals surface area contributed by atoms with Crippen molar-refractivity contribution < 1.29 is 28.4 Å². The number of thiophene rings is 2. The molecule has 9 heteroatoms. The lowest BCUT2D eigenvalue weighted by Gasteiger charge is -2.48. The zero-order valence-corrected chi connectivity index (χ0v) is 25.3. The molecule has 1 aromatic carbocycles. The molecule has 0 bridgehead atoms. The third kappa shape index (κ3) is 4.28. The zero-order valence-electron chi connectivity index (χ0n) is 23.6. The molecule has 3 aromatic rings. The molecule has 4 aliphatic rings. The van der Waals surface area contributed by atoms with E-state index < -0.39 is 0 Å². The maximum Gasteiger partial charge on any atom is 0.181 e. The van der Waals surface area contributed by atoms with Gasteiger partial charge in [-0.1, -0.05) is 13.8 Å². The lowest BCUT2D eigenvalue weighted by Crippen LogP contribution is -2.47. The normalized spacial score (nSPS) is 22.9. The third-order valence-electron chi connectivity index (χ3n) is 8.31. The average molecular weight is 584 g/mol. The highest BCUT2D eigenvalue weighted by atomic mass is 32.1. The Kier molecular flexibility index (Phi) is 7.10. The molecule has 7 nitrogen and oxygen atoms in total. The quantitative estimate of drug-likeness (QED) is 0.286. The molecule has 40 heavy (non-hydrogen) atoms. The van der Waals surface area contributed by atoms with Gasteiger partial charge in [-0.2, -0.15) is 0 Å². The first kappa shape index (κ1) is 26.4. The van der Waals surface area contributed by atoms with E-state index in [0.717, 1.165) is 62.6 Å². The van der Waals surface area contributed by atoms with Gasteiger partial charge >= 0.3 is 0 Å². The summed E-state index contributed by atoms with van der Waals surface area (Å²) in [6, 6.07) is 5.13. The van der Waals surface area contributed by atoms with Crippen LogP contribution in [-0.2, 0) is 9.47 Å². The highest BCUT2D eigenvalue weighted by Crippen LogP contribution is 2.59. The number of ether oxygens (including phenoxy) is 6. The SMILES string of the molecule is CCOC1CCN2c3c1cc(-c1sc(-c4scc5c4OCCO5)c4c1OCCO4)cc3C(OCC)CC2C(C)C. The Morgan fingerprint density at radius 3 is 2.23 bits per heavy atom. The van der Waals surface area contributed by atoms with Crippen molar-refractivity contribution in [2.75, 3.05) is 51.1 Å². The van der Waals surface area contributed by atoms with Gasteiger partial charge in [-0.05, 0) is 50.3 Å². The summed E-state index contributed by atoms with van der Waals surface area (Å²) in [5, 5.41) is 2.03. The fourth-order valence-electron chi connectivity index (χ4n) is 6.64. The van der Waals surface area contributed by atoms with E-state index in [-0.39, 0.29) is 12.2 Å². The number of rotatable bonds is 7. The Morgan fingerprint density at radius 2 is 1.50 bits per heavy atom.